The Labute approximate surface area is 199 Å². The Morgan fingerprint density at radius 1 is 1.24 bits per heavy atom. The lowest BCUT2D eigenvalue weighted by atomic mass is 9.98. The van der Waals surface area contributed by atoms with Crippen LogP contribution >= 0.6 is 0 Å². The molecule has 0 radical (unpaired) electrons. The van der Waals surface area contributed by atoms with Gasteiger partial charge in [-0.05, 0) is 42.7 Å². The summed E-state index contributed by atoms with van der Waals surface area (Å²) < 4.78 is 5.31. The number of aromatic nitrogens is 1. The van der Waals surface area contributed by atoms with Crippen molar-refractivity contribution in [3.8, 4) is 0 Å². The molecule has 2 atom stereocenters. The van der Waals surface area contributed by atoms with Crippen molar-refractivity contribution in [3.63, 3.8) is 0 Å². The summed E-state index contributed by atoms with van der Waals surface area (Å²) in [7, 11) is 0. The van der Waals surface area contributed by atoms with Gasteiger partial charge in [0.2, 0.25) is 0 Å². The second-order valence-corrected chi connectivity index (χ2v) is 9.03. The zero-order valence-electron chi connectivity index (χ0n) is 19.4. The van der Waals surface area contributed by atoms with Gasteiger partial charge in [-0.1, -0.05) is 6.92 Å². The number of rotatable bonds is 6. The third-order valence-electron chi connectivity index (χ3n) is 6.67. The summed E-state index contributed by atoms with van der Waals surface area (Å²) in [5, 5.41) is 2.97. The first kappa shape index (κ1) is 22.6. The summed E-state index contributed by atoms with van der Waals surface area (Å²) in [5.41, 5.74) is 4.02. The van der Waals surface area contributed by atoms with Crippen LogP contribution < -0.4 is 10.2 Å². The van der Waals surface area contributed by atoms with Gasteiger partial charge in [0.15, 0.2) is 0 Å². The maximum atomic E-state index is 12.4. The van der Waals surface area contributed by atoms with Crippen LogP contribution in [-0.4, -0.2) is 91.6 Å². The normalized spacial score (nSPS) is 24.9. The highest BCUT2D eigenvalue weighted by Gasteiger charge is 2.25. The van der Waals surface area contributed by atoms with E-state index in [4.69, 9.17) is 4.74 Å². The van der Waals surface area contributed by atoms with Crippen molar-refractivity contribution in [1.29, 1.82) is 0 Å². The van der Waals surface area contributed by atoms with Crippen LogP contribution in [0.3, 0.4) is 0 Å². The molecule has 178 valence electrons. The molecule has 1 unspecified atom stereocenters. The molecular weight excluding hydrogens is 432 g/mol. The first-order valence-electron chi connectivity index (χ1n) is 12.0. The van der Waals surface area contributed by atoms with E-state index in [1.54, 1.807) is 12.3 Å². The number of hydrogen-bond donors (Lipinski definition) is 1. The number of hydrogen-bond acceptors (Lipinski definition) is 7. The zero-order chi connectivity index (χ0) is 23.5. The summed E-state index contributed by atoms with van der Waals surface area (Å²) in [4.78, 5) is 42.4. The van der Waals surface area contributed by atoms with E-state index < -0.39 is 0 Å². The van der Waals surface area contributed by atoms with Crippen LogP contribution in [0.25, 0.3) is 0 Å². The number of carbonyl (C=O) groups excluding carboxylic acids is 2. The third kappa shape index (κ3) is 5.00. The first-order chi connectivity index (χ1) is 16.6. The number of ether oxygens (including phenoxy) is 1. The van der Waals surface area contributed by atoms with E-state index in [1.807, 2.05) is 31.4 Å². The average molecular weight is 463 g/mol. The quantitative estimate of drug-likeness (QED) is 0.687. The number of fused-ring (bicyclic) bond motifs is 1. The lowest BCUT2D eigenvalue weighted by Crippen LogP contribution is -2.47. The number of pyridine rings is 1. The predicted octanol–water partition coefficient (Wildman–Crippen LogP) is 1.42. The van der Waals surface area contributed by atoms with E-state index in [0.717, 1.165) is 61.7 Å². The Balaban J connectivity index is 1.12. The van der Waals surface area contributed by atoms with Crippen molar-refractivity contribution in [3.05, 3.63) is 47.3 Å². The first-order valence-corrected chi connectivity index (χ1v) is 12.0. The molecule has 9 nitrogen and oxygen atoms in total. The van der Waals surface area contributed by atoms with Crippen LogP contribution in [0.1, 0.15) is 30.3 Å². The second-order valence-electron chi connectivity index (χ2n) is 9.03. The van der Waals surface area contributed by atoms with Gasteiger partial charge < -0.3 is 15.0 Å². The molecule has 1 aromatic heterocycles. The highest BCUT2D eigenvalue weighted by atomic mass is 16.5. The smallest absolute Gasteiger partial charge is 0.272 e. The van der Waals surface area contributed by atoms with Gasteiger partial charge in [-0.2, -0.15) is 0 Å². The second kappa shape index (κ2) is 9.99. The molecule has 0 aromatic carbocycles. The molecule has 4 aliphatic rings. The number of dihydropyridines is 2. The lowest BCUT2D eigenvalue weighted by Gasteiger charge is -2.36. The molecule has 2 amide bonds. The highest BCUT2D eigenvalue weighted by molar-refractivity contribution is 6.16. The summed E-state index contributed by atoms with van der Waals surface area (Å²) in [5.74, 6) is -0.290. The van der Waals surface area contributed by atoms with E-state index in [2.05, 4.69) is 30.1 Å². The molecule has 1 N–H and O–H groups in total. The van der Waals surface area contributed by atoms with Crippen LogP contribution in [0, 0.1) is 0 Å². The number of amides is 2. The zero-order valence-corrected chi connectivity index (χ0v) is 19.4. The minimum atomic E-state index is -0.151. The Hall–Kier alpha value is -3.17. The fourth-order valence-corrected chi connectivity index (χ4v) is 4.64. The summed E-state index contributed by atoms with van der Waals surface area (Å²) in [6.07, 6.45) is 9.17. The Morgan fingerprint density at radius 3 is 2.79 bits per heavy atom. The van der Waals surface area contributed by atoms with Gasteiger partial charge in [0.05, 0.1) is 30.2 Å². The van der Waals surface area contributed by atoms with Gasteiger partial charge in [0.25, 0.3) is 11.8 Å². The molecule has 4 aliphatic heterocycles. The topological polar surface area (TPSA) is 99.5 Å². The van der Waals surface area contributed by atoms with Crippen LogP contribution in [0.5, 0.6) is 0 Å². The minimum Gasteiger partial charge on any atom is -0.379 e. The number of piperazine rings is 1. The van der Waals surface area contributed by atoms with Crippen molar-refractivity contribution < 1.29 is 14.3 Å². The van der Waals surface area contributed by atoms with E-state index in [-0.39, 0.29) is 23.9 Å². The molecule has 34 heavy (non-hydrogen) atoms. The standard InChI is InChI=1S/C25H30N6O3/c1-2-18-12-22-23(29-24(18)32)11-17(13-26-22)15-30-6-8-31(9-7-30)20-3-4-21(27-14-20)25(33)28-19-5-10-34-16-19/h3-4,11-14,19,22H,2,5-10,15-16H2,1H3,(H,28,33)/t19-,22?/m1/s1. The Kier molecular flexibility index (Phi) is 6.64. The number of nitrogens with one attached hydrogen (secondary N) is 1. The van der Waals surface area contributed by atoms with E-state index in [1.165, 1.54) is 0 Å². The average Bonchev–Trinajstić information content (AvgIpc) is 3.37. The molecular formula is C25H30N6O3. The van der Waals surface area contributed by atoms with Crippen molar-refractivity contribution in [2.75, 3.05) is 50.8 Å². The number of carbonyl (C=O) groups is 2. The lowest BCUT2D eigenvalue weighted by molar-refractivity contribution is -0.114. The maximum absolute atomic E-state index is 12.4. The highest BCUT2D eigenvalue weighted by Crippen LogP contribution is 2.20. The van der Waals surface area contributed by atoms with Crippen LogP contribution in [0.15, 0.2) is 51.6 Å². The Bertz CT molecular complexity index is 1060. The number of nitrogens with zero attached hydrogens (tertiary/aromatic N) is 5. The summed E-state index contributed by atoms with van der Waals surface area (Å²) in [6, 6.07) is 3.71. The fraction of sp³-hybridized carbons (Fsp3) is 0.480. The van der Waals surface area contributed by atoms with E-state index >= 15 is 0 Å². The van der Waals surface area contributed by atoms with Gasteiger partial charge in [-0.25, -0.2) is 9.98 Å². The molecule has 0 aliphatic carbocycles. The molecule has 2 fully saturated rings. The number of anilines is 1. The maximum Gasteiger partial charge on any atom is 0.272 e. The third-order valence-corrected chi connectivity index (χ3v) is 6.67. The number of aliphatic imine (C=N–C) groups is 2. The van der Waals surface area contributed by atoms with Crippen molar-refractivity contribution >= 4 is 29.4 Å². The van der Waals surface area contributed by atoms with Gasteiger partial charge in [-0.3, -0.25) is 19.5 Å². The fourth-order valence-electron chi connectivity index (χ4n) is 4.64. The monoisotopic (exact) mass is 462 g/mol. The largest absolute Gasteiger partial charge is 0.379 e. The molecule has 1 aromatic rings. The van der Waals surface area contributed by atoms with Crippen LogP contribution in [0.2, 0.25) is 0 Å². The SMILES string of the molecule is CCC1=CC2N=CC(CN3CCN(c4ccc(C(=O)N[C@@H]5CCOC5)nc4)CC3)=CC2=NC1=O. The summed E-state index contributed by atoms with van der Waals surface area (Å²) >= 11 is 0. The molecule has 0 saturated carbocycles. The molecule has 5 rings (SSSR count). The molecule has 2 saturated heterocycles. The molecule has 5 heterocycles. The van der Waals surface area contributed by atoms with Gasteiger partial charge in [-0.15, -0.1) is 0 Å². The Morgan fingerprint density at radius 2 is 2.09 bits per heavy atom. The molecule has 0 bridgehead atoms. The van der Waals surface area contributed by atoms with Crippen LogP contribution in [0.4, 0.5) is 5.69 Å². The van der Waals surface area contributed by atoms with Crippen LogP contribution in [-0.2, 0) is 9.53 Å². The van der Waals surface area contributed by atoms with Gasteiger partial charge in [0, 0.05) is 51.1 Å². The summed E-state index contributed by atoms with van der Waals surface area (Å²) in [6.45, 7) is 7.58. The van der Waals surface area contributed by atoms with Crippen molar-refractivity contribution in [1.82, 2.24) is 15.2 Å². The van der Waals surface area contributed by atoms with E-state index in [9.17, 15) is 9.59 Å². The molecule has 0 spiro atoms. The van der Waals surface area contributed by atoms with Crippen molar-refractivity contribution in [2.45, 2.75) is 31.8 Å². The van der Waals surface area contributed by atoms with Crippen molar-refractivity contribution in [2.24, 2.45) is 9.98 Å². The van der Waals surface area contributed by atoms with Gasteiger partial charge in [0.1, 0.15) is 11.7 Å². The van der Waals surface area contributed by atoms with E-state index in [0.29, 0.717) is 25.3 Å². The predicted molar refractivity (Wildman–Crippen MR) is 131 cm³/mol. The minimum absolute atomic E-state index is 0.0771. The molecule has 9 heteroatoms. The van der Waals surface area contributed by atoms with Gasteiger partial charge >= 0.3 is 0 Å².